The van der Waals surface area contributed by atoms with Crippen molar-refractivity contribution in [3.63, 3.8) is 0 Å². The Bertz CT molecular complexity index is 594. The molecule has 124 valence electrons. The predicted molar refractivity (Wildman–Crippen MR) is 87.9 cm³/mol. The summed E-state index contributed by atoms with van der Waals surface area (Å²) < 4.78 is 27.4. The summed E-state index contributed by atoms with van der Waals surface area (Å²) in [5, 5.41) is 4.85. The van der Waals surface area contributed by atoms with Gasteiger partial charge >= 0.3 is 0 Å². The van der Waals surface area contributed by atoms with E-state index in [4.69, 9.17) is 0 Å². The highest BCUT2D eigenvalue weighted by Gasteiger charge is 2.32. The minimum Gasteiger partial charge on any atom is -0.342 e. The van der Waals surface area contributed by atoms with Gasteiger partial charge < -0.3 is 10.2 Å². The van der Waals surface area contributed by atoms with Crippen LogP contribution in [0.3, 0.4) is 0 Å². The quantitative estimate of drug-likeness (QED) is 0.821. The van der Waals surface area contributed by atoms with Crippen LogP contribution in [0.5, 0.6) is 0 Å². The van der Waals surface area contributed by atoms with E-state index in [-0.39, 0.29) is 30.3 Å². The fourth-order valence-electron chi connectivity index (χ4n) is 2.63. The van der Waals surface area contributed by atoms with Gasteiger partial charge in [-0.25, -0.2) is 13.1 Å². The molecule has 0 aliphatic carbocycles. The Hall–Kier alpha value is -0.670. The number of hydrogen-bond acceptors (Lipinski definition) is 5. The summed E-state index contributed by atoms with van der Waals surface area (Å²) in [5.41, 5.74) is 0. The van der Waals surface area contributed by atoms with Gasteiger partial charge in [0.25, 0.3) is 0 Å². The normalized spacial score (nSPS) is 20.3. The molecule has 0 radical (unpaired) electrons. The van der Waals surface area contributed by atoms with Crippen LogP contribution in [0.4, 0.5) is 0 Å². The Balaban J connectivity index is 0.00000176. The van der Waals surface area contributed by atoms with Gasteiger partial charge in [0.2, 0.25) is 15.9 Å². The van der Waals surface area contributed by atoms with Gasteiger partial charge in [-0.1, -0.05) is 6.07 Å². The minimum absolute atomic E-state index is 0. The Labute approximate surface area is 140 Å². The lowest BCUT2D eigenvalue weighted by Gasteiger charge is -2.37. The van der Waals surface area contributed by atoms with Crippen LogP contribution in [-0.2, 0) is 14.8 Å². The molecule has 0 unspecified atom stereocenters. The Kier molecular flexibility index (Phi) is 5.84. The van der Waals surface area contributed by atoms with E-state index in [0.717, 1.165) is 13.1 Å². The van der Waals surface area contributed by atoms with Crippen LogP contribution in [-0.4, -0.2) is 51.4 Å². The second-order valence-corrected chi connectivity index (χ2v) is 8.40. The van der Waals surface area contributed by atoms with Crippen molar-refractivity contribution >= 4 is 39.7 Å². The zero-order valence-corrected chi connectivity index (χ0v) is 14.5. The van der Waals surface area contributed by atoms with E-state index in [2.05, 4.69) is 10.0 Å². The number of nitrogens with zero attached hydrogens (tertiary/aromatic N) is 1. The predicted octanol–water partition coefficient (Wildman–Crippen LogP) is 0.659. The lowest BCUT2D eigenvalue weighted by atomic mass is 9.99. The highest BCUT2D eigenvalue weighted by molar-refractivity contribution is 7.91. The number of rotatable bonds is 4. The molecule has 3 rings (SSSR count). The number of piperidine rings is 1. The maximum Gasteiger partial charge on any atom is 0.250 e. The molecule has 2 saturated heterocycles. The van der Waals surface area contributed by atoms with Gasteiger partial charge in [0, 0.05) is 32.2 Å². The number of carbonyl (C=O) groups is 1. The molecule has 0 saturated carbocycles. The van der Waals surface area contributed by atoms with Crippen molar-refractivity contribution in [2.45, 2.75) is 23.1 Å². The lowest BCUT2D eigenvalue weighted by molar-refractivity contribution is -0.138. The SMILES string of the molecule is Cl.O=C(C1CNC1)N1CCC(NS(=O)(=O)c2cccs2)CC1. The summed E-state index contributed by atoms with van der Waals surface area (Å²) >= 11 is 1.22. The van der Waals surface area contributed by atoms with Crippen molar-refractivity contribution in [1.29, 1.82) is 0 Å². The third-order valence-electron chi connectivity index (χ3n) is 4.02. The Morgan fingerprint density at radius 2 is 2.00 bits per heavy atom. The molecule has 2 aliphatic rings. The molecule has 0 bridgehead atoms. The average molecular weight is 366 g/mol. The highest BCUT2D eigenvalue weighted by atomic mass is 35.5. The van der Waals surface area contributed by atoms with Crippen LogP contribution in [0.15, 0.2) is 21.7 Å². The number of sulfonamides is 1. The van der Waals surface area contributed by atoms with Crippen LogP contribution in [0, 0.1) is 5.92 Å². The van der Waals surface area contributed by atoms with Gasteiger partial charge in [-0.2, -0.15) is 0 Å². The van der Waals surface area contributed by atoms with Crippen molar-refractivity contribution in [2.75, 3.05) is 26.2 Å². The molecule has 3 heterocycles. The zero-order valence-electron chi connectivity index (χ0n) is 12.0. The largest absolute Gasteiger partial charge is 0.342 e. The van der Waals surface area contributed by atoms with Gasteiger partial charge in [-0.15, -0.1) is 23.7 Å². The Morgan fingerprint density at radius 3 is 2.50 bits per heavy atom. The number of hydrogen-bond donors (Lipinski definition) is 2. The summed E-state index contributed by atoms with van der Waals surface area (Å²) in [7, 11) is -3.41. The smallest absolute Gasteiger partial charge is 0.250 e. The molecule has 2 N–H and O–H groups in total. The summed E-state index contributed by atoms with van der Waals surface area (Å²) in [6.45, 7) is 2.80. The topological polar surface area (TPSA) is 78.5 Å². The molecule has 0 atom stereocenters. The fraction of sp³-hybridized carbons (Fsp3) is 0.615. The molecule has 6 nitrogen and oxygen atoms in total. The number of nitrogens with one attached hydrogen (secondary N) is 2. The van der Waals surface area contributed by atoms with E-state index >= 15 is 0 Å². The fourth-order valence-corrected chi connectivity index (χ4v) is 4.95. The molecule has 22 heavy (non-hydrogen) atoms. The molecule has 9 heteroatoms. The highest BCUT2D eigenvalue weighted by Crippen LogP contribution is 2.20. The van der Waals surface area contributed by atoms with E-state index in [1.165, 1.54) is 11.3 Å². The van der Waals surface area contributed by atoms with Crippen molar-refractivity contribution in [2.24, 2.45) is 5.92 Å². The van der Waals surface area contributed by atoms with Gasteiger partial charge in [0.05, 0.1) is 5.92 Å². The summed E-state index contributed by atoms with van der Waals surface area (Å²) in [6, 6.07) is 3.25. The third-order valence-corrected chi connectivity index (χ3v) is 6.94. The zero-order chi connectivity index (χ0) is 14.9. The molecular weight excluding hydrogens is 346 g/mol. The van der Waals surface area contributed by atoms with E-state index in [1.54, 1.807) is 17.5 Å². The van der Waals surface area contributed by atoms with E-state index in [1.807, 2.05) is 4.90 Å². The van der Waals surface area contributed by atoms with Gasteiger partial charge in [0.15, 0.2) is 0 Å². The summed E-state index contributed by atoms with van der Waals surface area (Å²) in [6.07, 6.45) is 1.35. The van der Waals surface area contributed by atoms with Crippen molar-refractivity contribution in [3.8, 4) is 0 Å². The number of amides is 1. The molecule has 1 aromatic rings. The molecule has 0 aromatic carbocycles. The molecule has 2 aliphatic heterocycles. The van der Waals surface area contributed by atoms with Crippen LogP contribution < -0.4 is 10.0 Å². The van der Waals surface area contributed by atoms with E-state index in [0.29, 0.717) is 30.1 Å². The van der Waals surface area contributed by atoms with Crippen LogP contribution in [0.25, 0.3) is 0 Å². The number of halogens is 1. The summed E-state index contributed by atoms with van der Waals surface area (Å²) in [5.74, 6) is 0.317. The van der Waals surface area contributed by atoms with Gasteiger partial charge in [-0.3, -0.25) is 4.79 Å². The third kappa shape index (κ3) is 3.80. The first-order valence-electron chi connectivity index (χ1n) is 7.11. The second kappa shape index (κ2) is 7.27. The summed E-state index contributed by atoms with van der Waals surface area (Å²) in [4.78, 5) is 14.0. The molecule has 2 fully saturated rings. The molecule has 1 aromatic heterocycles. The first-order valence-corrected chi connectivity index (χ1v) is 9.48. The number of likely N-dealkylation sites (tertiary alicyclic amines) is 1. The Morgan fingerprint density at radius 1 is 1.32 bits per heavy atom. The standard InChI is InChI=1S/C13H19N3O3S2.ClH/c17-13(10-8-14-9-10)16-5-3-11(4-6-16)15-21(18,19)12-2-1-7-20-12;/h1-2,7,10-11,14-15H,3-6,8-9H2;1H. The van der Waals surface area contributed by atoms with Gasteiger partial charge in [0.1, 0.15) is 4.21 Å². The number of carbonyl (C=O) groups excluding carboxylic acids is 1. The lowest BCUT2D eigenvalue weighted by Crippen LogP contribution is -2.54. The van der Waals surface area contributed by atoms with Crippen molar-refractivity contribution in [3.05, 3.63) is 17.5 Å². The van der Waals surface area contributed by atoms with Crippen LogP contribution >= 0.6 is 23.7 Å². The van der Waals surface area contributed by atoms with Crippen LogP contribution in [0.1, 0.15) is 12.8 Å². The molecular formula is C13H20ClN3O3S2. The number of thiophene rings is 1. The minimum atomic E-state index is -3.41. The van der Waals surface area contributed by atoms with Crippen molar-refractivity contribution < 1.29 is 13.2 Å². The van der Waals surface area contributed by atoms with Crippen molar-refractivity contribution in [1.82, 2.24) is 14.9 Å². The van der Waals surface area contributed by atoms with E-state index < -0.39 is 10.0 Å². The second-order valence-electron chi connectivity index (χ2n) is 5.51. The maximum atomic E-state index is 12.2. The van der Waals surface area contributed by atoms with Crippen LogP contribution in [0.2, 0.25) is 0 Å². The first kappa shape index (κ1) is 17.7. The molecule has 0 spiro atoms. The maximum absolute atomic E-state index is 12.2. The first-order chi connectivity index (χ1) is 10.1. The average Bonchev–Trinajstić information content (AvgIpc) is 2.91. The van der Waals surface area contributed by atoms with Gasteiger partial charge in [-0.05, 0) is 24.3 Å². The monoisotopic (exact) mass is 365 g/mol. The van der Waals surface area contributed by atoms with E-state index in [9.17, 15) is 13.2 Å². The molecule has 1 amide bonds.